The Morgan fingerprint density at radius 1 is 1.64 bits per heavy atom. The maximum Gasteiger partial charge on any atom is 0.136 e. The summed E-state index contributed by atoms with van der Waals surface area (Å²) >= 11 is 0. The molecule has 0 radical (unpaired) electrons. The number of rotatable bonds is 5. The van der Waals surface area contributed by atoms with E-state index in [1.165, 1.54) is 0 Å². The van der Waals surface area contributed by atoms with E-state index in [1.807, 2.05) is 32.4 Å². The summed E-state index contributed by atoms with van der Waals surface area (Å²) in [6.45, 7) is 1.74. The molecule has 14 heavy (non-hydrogen) atoms. The van der Waals surface area contributed by atoms with Gasteiger partial charge >= 0.3 is 0 Å². The summed E-state index contributed by atoms with van der Waals surface area (Å²) < 4.78 is 0. The smallest absolute Gasteiger partial charge is 0.136 e. The van der Waals surface area contributed by atoms with Gasteiger partial charge in [-0.25, -0.2) is 0 Å². The molecule has 1 rings (SSSR count). The zero-order chi connectivity index (χ0) is 10.4. The number of aromatic nitrogens is 1. The van der Waals surface area contributed by atoms with Crippen LogP contribution in [0.1, 0.15) is 11.7 Å². The molecule has 0 aliphatic heterocycles. The Morgan fingerprint density at radius 3 is 2.93 bits per heavy atom. The third-order valence-corrected chi connectivity index (χ3v) is 1.97. The molecule has 1 unspecified atom stereocenters. The van der Waals surface area contributed by atoms with Crippen LogP contribution >= 0.6 is 0 Å². The Morgan fingerprint density at radius 2 is 2.43 bits per heavy atom. The fourth-order valence-electron chi connectivity index (χ4n) is 1.18. The van der Waals surface area contributed by atoms with Gasteiger partial charge in [-0.3, -0.25) is 5.32 Å². The van der Waals surface area contributed by atoms with Gasteiger partial charge in [-0.2, -0.15) is 5.26 Å². The number of aromatic amines is 1. The van der Waals surface area contributed by atoms with E-state index in [2.05, 4.69) is 21.3 Å². The Kier molecular flexibility index (Phi) is 4.17. The fourth-order valence-corrected chi connectivity index (χ4v) is 1.18. The summed E-state index contributed by atoms with van der Waals surface area (Å²) in [6.07, 6.45) is 1.83. The average Bonchev–Trinajstić information content (AvgIpc) is 2.64. The quantitative estimate of drug-likeness (QED) is 0.723. The van der Waals surface area contributed by atoms with Crippen LogP contribution in [0.5, 0.6) is 0 Å². The van der Waals surface area contributed by atoms with Gasteiger partial charge in [0.1, 0.15) is 6.04 Å². The summed E-state index contributed by atoms with van der Waals surface area (Å²) in [5, 5.41) is 12.1. The highest BCUT2D eigenvalue weighted by atomic mass is 15.1. The number of nitrogens with zero attached hydrogens (tertiary/aromatic N) is 2. The second-order valence-electron chi connectivity index (χ2n) is 3.44. The molecule has 0 fully saturated rings. The zero-order valence-corrected chi connectivity index (χ0v) is 8.62. The first kappa shape index (κ1) is 10.8. The van der Waals surface area contributed by atoms with Gasteiger partial charge in [0.05, 0.1) is 6.07 Å². The molecule has 1 aromatic heterocycles. The van der Waals surface area contributed by atoms with Crippen molar-refractivity contribution in [1.82, 2.24) is 15.2 Å². The van der Waals surface area contributed by atoms with E-state index in [0.29, 0.717) is 0 Å². The summed E-state index contributed by atoms with van der Waals surface area (Å²) in [4.78, 5) is 5.11. The van der Waals surface area contributed by atoms with Crippen molar-refractivity contribution in [3.8, 4) is 6.07 Å². The van der Waals surface area contributed by atoms with E-state index in [0.717, 1.165) is 18.8 Å². The zero-order valence-electron chi connectivity index (χ0n) is 8.62. The van der Waals surface area contributed by atoms with Crippen molar-refractivity contribution in [3.05, 3.63) is 24.0 Å². The van der Waals surface area contributed by atoms with Crippen molar-refractivity contribution in [2.24, 2.45) is 0 Å². The predicted molar refractivity (Wildman–Crippen MR) is 55.7 cm³/mol. The van der Waals surface area contributed by atoms with Crippen LogP contribution in [0.3, 0.4) is 0 Å². The minimum atomic E-state index is -0.232. The second kappa shape index (κ2) is 5.43. The van der Waals surface area contributed by atoms with E-state index < -0.39 is 0 Å². The lowest BCUT2D eigenvalue weighted by Crippen LogP contribution is -2.29. The molecule has 1 heterocycles. The third kappa shape index (κ3) is 3.21. The van der Waals surface area contributed by atoms with Gasteiger partial charge in [0.15, 0.2) is 0 Å². The van der Waals surface area contributed by atoms with E-state index in [-0.39, 0.29) is 6.04 Å². The minimum absolute atomic E-state index is 0.232. The van der Waals surface area contributed by atoms with Gasteiger partial charge in [-0.1, -0.05) is 0 Å². The molecular weight excluding hydrogens is 176 g/mol. The maximum absolute atomic E-state index is 8.92. The van der Waals surface area contributed by atoms with Crippen LogP contribution in [0.2, 0.25) is 0 Å². The first-order valence-corrected chi connectivity index (χ1v) is 4.65. The van der Waals surface area contributed by atoms with E-state index in [1.54, 1.807) is 0 Å². The number of H-pyrrole nitrogens is 1. The number of nitriles is 1. The molecule has 4 nitrogen and oxygen atoms in total. The minimum Gasteiger partial charge on any atom is -0.363 e. The highest BCUT2D eigenvalue weighted by molar-refractivity contribution is 5.15. The Balaban J connectivity index is 2.38. The van der Waals surface area contributed by atoms with Crippen molar-refractivity contribution in [3.63, 3.8) is 0 Å². The predicted octanol–water partition coefficient (Wildman–Crippen LogP) is 0.731. The van der Waals surface area contributed by atoms with Crippen molar-refractivity contribution in [2.45, 2.75) is 6.04 Å². The molecule has 0 aliphatic rings. The molecule has 2 N–H and O–H groups in total. The highest BCUT2D eigenvalue weighted by Crippen LogP contribution is 2.07. The van der Waals surface area contributed by atoms with E-state index in [9.17, 15) is 0 Å². The molecular formula is C10H16N4. The molecule has 1 atom stereocenters. The van der Waals surface area contributed by atoms with Gasteiger partial charge < -0.3 is 9.88 Å². The van der Waals surface area contributed by atoms with Crippen molar-refractivity contribution in [2.75, 3.05) is 27.2 Å². The lowest BCUT2D eigenvalue weighted by atomic mass is 10.2. The molecule has 0 bridgehead atoms. The molecule has 76 valence electrons. The fraction of sp³-hybridized carbons (Fsp3) is 0.500. The van der Waals surface area contributed by atoms with Crippen molar-refractivity contribution >= 4 is 0 Å². The molecule has 0 saturated carbocycles. The van der Waals surface area contributed by atoms with E-state index >= 15 is 0 Å². The number of likely N-dealkylation sites (N-methyl/N-ethyl adjacent to an activating group) is 1. The largest absolute Gasteiger partial charge is 0.363 e. The second-order valence-corrected chi connectivity index (χ2v) is 3.44. The number of hydrogen-bond acceptors (Lipinski definition) is 3. The summed E-state index contributed by atoms with van der Waals surface area (Å²) in [7, 11) is 4.02. The summed E-state index contributed by atoms with van der Waals surface area (Å²) in [5.74, 6) is 0. The lowest BCUT2D eigenvalue weighted by molar-refractivity contribution is 0.394. The van der Waals surface area contributed by atoms with Crippen LogP contribution in [-0.2, 0) is 0 Å². The molecule has 4 heteroatoms. The molecule has 0 saturated heterocycles. The molecule has 0 aromatic carbocycles. The Hall–Kier alpha value is -1.31. The van der Waals surface area contributed by atoms with Crippen LogP contribution in [0.4, 0.5) is 0 Å². The summed E-state index contributed by atoms with van der Waals surface area (Å²) in [6, 6.07) is 5.80. The monoisotopic (exact) mass is 192 g/mol. The van der Waals surface area contributed by atoms with E-state index in [4.69, 9.17) is 5.26 Å². The molecule has 0 spiro atoms. The first-order chi connectivity index (χ1) is 6.74. The topological polar surface area (TPSA) is 54.9 Å². The van der Waals surface area contributed by atoms with Crippen LogP contribution in [0.15, 0.2) is 18.3 Å². The molecule has 0 amide bonds. The van der Waals surface area contributed by atoms with Gasteiger partial charge in [-0.15, -0.1) is 0 Å². The maximum atomic E-state index is 8.92. The third-order valence-electron chi connectivity index (χ3n) is 1.97. The van der Waals surface area contributed by atoms with Crippen LogP contribution in [-0.4, -0.2) is 37.1 Å². The van der Waals surface area contributed by atoms with Crippen molar-refractivity contribution in [1.29, 1.82) is 5.26 Å². The van der Waals surface area contributed by atoms with Crippen LogP contribution < -0.4 is 5.32 Å². The van der Waals surface area contributed by atoms with Gasteiger partial charge in [0.2, 0.25) is 0 Å². The molecule has 0 aliphatic carbocycles. The molecule has 1 aromatic rings. The Bertz CT molecular complexity index is 284. The average molecular weight is 192 g/mol. The van der Waals surface area contributed by atoms with Crippen LogP contribution in [0, 0.1) is 11.3 Å². The van der Waals surface area contributed by atoms with Gasteiger partial charge in [0.25, 0.3) is 0 Å². The SMILES string of the molecule is CN(C)CCNC(C#N)c1ccc[nH]1. The summed E-state index contributed by atoms with van der Waals surface area (Å²) in [5.41, 5.74) is 0.922. The number of hydrogen-bond donors (Lipinski definition) is 2. The first-order valence-electron chi connectivity index (χ1n) is 4.65. The van der Waals surface area contributed by atoms with Crippen LogP contribution in [0.25, 0.3) is 0 Å². The van der Waals surface area contributed by atoms with Crippen molar-refractivity contribution < 1.29 is 0 Å². The van der Waals surface area contributed by atoms with Gasteiger partial charge in [-0.05, 0) is 26.2 Å². The standard InChI is InChI=1S/C10H16N4/c1-14(2)7-6-13-10(8-11)9-4-3-5-12-9/h3-5,10,12-13H,6-7H2,1-2H3. The number of nitrogens with one attached hydrogen (secondary N) is 2. The highest BCUT2D eigenvalue weighted by Gasteiger charge is 2.09. The normalized spacial score (nSPS) is 12.7. The lowest BCUT2D eigenvalue weighted by Gasteiger charge is -2.13. The van der Waals surface area contributed by atoms with Gasteiger partial charge in [0, 0.05) is 25.0 Å². The Labute approximate surface area is 84.5 Å².